The van der Waals surface area contributed by atoms with Crippen molar-refractivity contribution in [2.45, 2.75) is 0 Å². The van der Waals surface area contributed by atoms with Crippen LogP contribution in [0.25, 0.3) is 0 Å². The Morgan fingerprint density at radius 1 is 1.25 bits per heavy atom. The highest BCUT2D eigenvalue weighted by Gasteiger charge is 2.25. The highest BCUT2D eigenvalue weighted by atomic mass is 35.5. The maximum atomic E-state index is 12.5. The average Bonchev–Trinajstić information content (AvgIpc) is 2.61. The van der Waals surface area contributed by atoms with E-state index in [2.05, 4.69) is 20.2 Å². The molecule has 7 nitrogen and oxygen atoms in total. The van der Waals surface area contributed by atoms with Gasteiger partial charge in [0.2, 0.25) is 0 Å². The Bertz CT molecular complexity index is 747. The van der Waals surface area contributed by atoms with Crippen molar-refractivity contribution in [2.24, 2.45) is 0 Å². The van der Waals surface area contributed by atoms with Gasteiger partial charge in [0.15, 0.2) is 11.0 Å². The number of aromatic nitrogens is 2. The number of rotatable bonds is 3. The predicted molar refractivity (Wildman–Crippen MR) is 92.8 cm³/mol. The summed E-state index contributed by atoms with van der Waals surface area (Å²) in [6, 6.07) is 6.41. The number of benzene rings is 1. The minimum Gasteiger partial charge on any atom is -0.508 e. The van der Waals surface area contributed by atoms with Gasteiger partial charge in [0.25, 0.3) is 5.91 Å². The molecule has 1 amide bonds. The first-order valence-electron chi connectivity index (χ1n) is 7.61. The van der Waals surface area contributed by atoms with Crippen molar-refractivity contribution in [2.75, 3.05) is 43.4 Å². The van der Waals surface area contributed by atoms with E-state index >= 15 is 0 Å². The van der Waals surface area contributed by atoms with Crippen molar-refractivity contribution in [3.05, 3.63) is 41.3 Å². The molecule has 0 aliphatic carbocycles. The minimum atomic E-state index is -0.0832. The molecule has 1 aromatic heterocycles. The lowest BCUT2D eigenvalue weighted by atomic mass is 10.1. The lowest BCUT2D eigenvalue weighted by molar-refractivity contribution is 0.0746. The second kappa shape index (κ2) is 6.92. The van der Waals surface area contributed by atoms with Gasteiger partial charge in [-0.2, -0.15) is 0 Å². The van der Waals surface area contributed by atoms with Gasteiger partial charge >= 0.3 is 0 Å². The fourth-order valence-corrected chi connectivity index (χ4v) is 2.98. The number of piperazine rings is 1. The number of nitrogens with one attached hydrogen (secondary N) is 1. The minimum absolute atomic E-state index is 0.0832. The molecule has 0 saturated carbocycles. The first kappa shape index (κ1) is 16.3. The fourth-order valence-electron chi connectivity index (χ4n) is 2.75. The Hall–Kier alpha value is -2.54. The van der Waals surface area contributed by atoms with Crippen LogP contribution in [0.1, 0.15) is 10.4 Å². The number of phenolic OH excluding ortho intramolecular Hbond substituents is 1. The van der Waals surface area contributed by atoms with E-state index in [1.54, 1.807) is 30.1 Å². The molecule has 1 aromatic carbocycles. The summed E-state index contributed by atoms with van der Waals surface area (Å²) < 4.78 is 0. The Morgan fingerprint density at radius 3 is 2.67 bits per heavy atom. The molecule has 2 aromatic rings. The summed E-state index contributed by atoms with van der Waals surface area (Å²) in [6.07, 6.45) is 1.43. The van der Waals surface area contributed by atoms with E-state index in [-0.39, 0.29) is 11.7 Å². The first-order valence-corrected chi connectivity index (χ1v) is 7.99. The van der Waals surface area contributed by atoms with Gasteiger partial charge in [0, 0.05) is 38.8 Å². The molecule has 126 valence electrons. The van der Waals surface area contributed by atoms with Gasteiger partial charge in [-0.15, -0.1) is 0 Å². The second-order valence-corrected chi connectivity index (χ2v) is 5.80. The van der Waals surface area contributed by atoms with E-state index in [1.165, 1.54) is 12.4 Å². The van der Waals surface area contributed by atoms with Crippen LogP contribution in [0.15, 0.2) is 30.6 Å². The van der Waals surface area contributed by atoms with Crippen LogP contribution in [0.3, 0.4) is 0 Å². The molecule has 0 bridgehead atoms. The van der Waals surface area contributed by atoms with Crippen LogP contribution < -0.4 is 10.2 Å². The molecule has 8 heteroatoms. The van der Waals surface area contributed by atoms with Gasteiger partial charge in [-0.25, -0.2) is 9.97 Å². The van der Waals surface area contributed by atoms with E-state index < -0.39 is 0 Å². The molecule has 24 heavy (non-hydrogen) atoms. The van der Waals surface area contributed by atoms with Crippen LogP contribution in [-0.2, 0) is 0 Å². The third kappa shape index (κ3) is 3.21. The lowest BCUT2D eigenvalue weighted by Crippen LogP contribution is -2.49. The van der Waals surface area contributed by atoms with Crippen LogP contribution in [0.2, 0.25) is 5.15 Å². The normalized spacial score (nSPS) is 14.6. The Morgan fingerprint density at radius 2 is 2.00 bits per heavy atom. The SMILES string of the molecule is CNc1c(Cl)ncnc1N1CCN(C(=O)c2cccc(O)c2)CC1. The number of carbonyl (C=O) groups excluding carboxylic acids is 1. The third-order valence-corrected chi connectivity index (χ3v) is 4.28. The van der Waals surface area contributed by atoms with Gasteiger partial charge in [0.05, 0.1) is 0 Å². The van der Waals surface area contributed by atoms with Crippen molar-refractivity contribution in [1.82, 2.24) is 14.9 Å². The molecule has 0 unspecified atom stereocenters. The van der Waals surface area contributed by atoms with E-state index in [9.17, 15) is 9.90 Å². The highest BCUT2D eigenvalue weighted by Crippen LogP contribution is 2.29. The molecular weight excluding hydrogens is 330 g/mol. The van der Waals surface area contributed by atoms with Crippen LogP contribution in [-0.4, -0.2) is 59.1 Å². The number of hydrogen-bond acceptors (Lipinski definition) is 6. The summed E-state index contributed by atoms with van der Waals surface area (Å²) in [5.74, 6) is 0.746. The standard InChI is InChI=1S/C16H18ClN5O2/c1-18-13-14(17)19-10-20-15(13)21-5-7-22(8-6-21)16(24)11-3-2-4-12(23)9-11/h2-4,9-10,18,23H,5-8H2,1H3. The molecule has 1 saturated heterocycles. The predicted octanol–water partition coefficient (Wildman–Crippen LogP) is 1.84. The second-order valence-electron chi connectivity index (χ2n) is 5.44. The Labute approximate surface area is 144 Å². The molecule has 1 aliphatic heterocycles. The number of nitrogens with zero attached hydrogens (tertiary/aromatic N) is 4. The maximum absolute atomic E-state index is 12.5. The molecule has 2 N–H and O–H groups in total. The topological polar surface area (TPSA) is 81.6 Å². The zero-order chi connectivity index (χ0) is 17.1. The molecule has 1 aliphatic rings. The molecule has 3 rings (SSSR count). The fraction of sp³-hybridized carbons (Fsp3) is 0.312. The van der Waals surface area contributed by atoms with Crippen LogP contribution in [0.5, 0.6) is 5.75 Å². The number of amides is 1. The van der Waals surface area contributed by atoms with Crippen molar-refractivity contribution in [3.8, 4) is 5.75 Å². The summed E-state index contributed by atoms with van der Waals surface area (Å²) in [5, 5.41) is 12.9. The molecule has 0 spiro atoms. The van der Waals surface area contributed by atoms with Gasteiger partial charge in [0.1, 0.15) is 17.8 Å². The van der Waals surface area contributed by atoms with Gasteiger partial charge in [-0.05, 0) is 18.2 Å². The summed E-state index contributed by atoms with van der Waals surface area (Å²) in [4.78, 5) is 24.6. The summed E-state index contributed by atoms with van der Waals surface area (Å²) >= 11 is 6.09. The van der Waals surface area contributed by atoms with E-state index in [4.69, 9.17) is 11.6 Å². The van der Waals surface area contributed by atoms with Crippen LogP contribution in [0.4, 0.5) is 11.5 Å². The molecule has 0 atom stereocenters. The van der Waals surface area contributed by atoms with Gasteiger partial charge < -0.3 is 20.2 Å². The quantitative estimate of drug-likeness (QED) is 0.824. The smallest absolute Gasteiger partial charge is 0.254 e. The maximum Gasteiger partial charge on any atom is 0.254 e. The number of carbonyl (C=O) groups is 1. The van der Waals surface area contributed by atoms with Crippen molar-refractivity contribution >= 4 is 29.0 Å². The van der Waals surface area contributed by atoms with E-state index in [0.717, 1.165) is 5.82 Å². The largest absolute Gasteiger partial charge is 0.508 e. The third-order valence-electron chi connectivity index (χ3n) is 3.99. The van der Waals surface area contributed by atoms with Crippen LogP contribution >= 0.6 is 11.6 Å². The molecule has 1 fully saturated rings. The summed E-state index contributed by atoms with van der Waals surface area (Å²) in [5.41, 5.74) is 1.18. The van der Waals surface area contributed by atoms with Gasteiger partial charge in [-0.1, -0.05) is 17.7 Å². The molecular formula is C16H18ClN5O2. The highest BCUT2D eigenvalue weighted by molar-refractivity contribution is 6.32. The Balaban J connectivity index is 1.70. The summed E-state index contributed by atoms with van der Waals surface area (Å²) in [6.45, 7) is 2.43. The van der Waals surface area contributed by atoms with Crippen molar-refractivity contribution in [1.29, 1.82) is 0 Å². The number of phenols is 1. The van der Waals surface area contributed by atoms with Gasteiger partial charge in [-0.3, -0.25) is 4.79 Å². The number of anilines is 2. The summed E-state index contributed by atoms with van der Waals surface area (Å²) in [7, 11) is 1.77. The first-order chi connectivity index (χ1) is 11.6. The monoisotopic (exact) mass is 347 g/mol. The number of hydrogen-bond donors (Lipinski definition) is 2. The number of aromatic hydroxyl groups is 1. The zero-order valence-corrected chi connectivity index (χ0v) is 14.0. The lowest BCUT2D eigenvalue weighted by Gasteiger charge is -2.36. The van der Waals surface area contributed by atoms with Crippen molar-refractivity contribution < 1.29 is 9.90 Å². The average molecular weight is 348 g/mol. The Kier molecular flexibility index (Phi) is 4.71. The van der Waals surface area contributed by atoms with Crippen molar-refractivity contribution in [3.63, 3.8) is 0 Å². The van der Waals surface area contributed by atoms with Crippen LogP contribution in [0, 0.1) is 0 Å². The zero-order valence-electron chi connectivity index (χ0n) is 13.2. The number of halogens is 1. The van der Waals surface area contributed by atoms with E-state index in [1.807, 2.05) is 0 Å². The molecule has 0 radical (unpaired) electrons. The molecule has 2 heterocycles. The van der Waals surface area contributed by atoms with E-state index in [0.29, 0.717) is 42.6 Å².